The SMILES string of the molecule is CCC(C)C(NC(=O)C1CC1c1ccccc1Cl)c1nc2ccccc2[nH]1. The standard InChI is InChI=1S/C22H24ClN3O/c1-3-13(2)20(21-24-18-10-6-7-11-19(18)25-21)26-22(27)16-12-15(16)14-8-4-5-9-17(14)23/h4-11,13,15-16,20H,3,12H2,1-2H3,(H,24,25)(H,26,27). The zero-order valence-corrected chi connectivity index (χ0v) is 16.3. The molecular weight excluding hydrogens is 358 g/mol. The number of nitrogens with zero attached hydrogens (tertiary/aromatic N) is 1. The lowest BCUT2D eigenvalue weighted by atomic mass is 9.98. The topological polar surface area (TPSA) is 57.8 Å². The molecule has 4 unspecified atom stereocenters. The molecule has 1 amide bonds. The van der Waals surface area contributed by atoms with Crippen LogP contribution in [0.15, 0.2) is 48.5 Å². The molecule has 0 aliphatic heterocycles. The zero-order valence-electron chi connectivity index (χ0n) is 15.6. The minimum absolute atomic E-state index is 0.0131. The normalized spacial score (nSPS) is 21.0. The van der Waals surface area contributed by atoms with Gasteiger partial charge in [0.1, 0.15) is 5.82 Å². The fourth-order valence-electron chi connectivity index (χ4n) is 3.70. The van der Waals surface area contributed by atoms with Crippen LogP contribution in [0.1, 0.15) is 50.0 Å². The van der Waals surface area contributed by atoms with Gasteiger partial charge in [0.05, 0.1) is 17.1 Å². The maximum absolute atomic E-state index is 12.9. The molecule has 1 aliphatic carbocycles. The number of hydrogen-bond donors (Lipinski definition) is 2. The molecule has 2 aromatic carbocycles. The van der Waals surface area contributed by atoms with Gasteiger partial charge >= 0.3 is 0 Å². The van der Waals surface area contributed by atoms with Crippen molar-refractivity contribution in [3.05, 3.63) is 64.9 Å². The number of fused-ring (bicyclic) bond motifs is 1. The number of halogens is 1. The zero-order chi connectivity index (χ0) is 19.0. The Balaban J connectivity index is 1.52. The first kappa shape index (κ1) is 18.1. The highest BCUT2D eigenvalue weighted by molar-refractivity contribution is 6.31. The summed E-state index contributed by atoms with van der Waals surface area (Å²) in [5.41, 5.74) is 2.99. The van der Waals surface area contributed by atoms with Crippen molar-refractivity contribution >= 4 is 28.5 Å². The highest BCUT2D eigenvalue weighted by Crippen LogP contribution is 2.50. The average Bonchev–Trinajstić information content (AvgIpc) is 3.36. The lowest BCUT2D eigenvalue weighted by molar-refractivity contribution is -0.123. The summed E-state index contributed by atoms with van der Waals surface area (Å²) in [4.78, 5) is 21.0. The molecule has 3 aromatic rings. The van der Waals surface area contributed by atoms with Gasteiger partial charge in [0.25, 0.3) is 0 Å². The molecule has 4 atom stereocenters. The molecular formula is C22H24ClN3O. The van der Waals surface area contributed by atoms with Gasteiger partial charge in [-0.1, -0.05) is 62.2 Å². The summed E-state index contributed by atoms with van der Waals surface area (Å²) in [6.45, 7) is 4.28. The first-order chi connectivity index (χ1) is 13.1. The summed E-state index contributed by atoms with van der Waals surface area (Å²) in [5.74, 6) is 1.40. The van der Waals surface area contributed by atoms with Crippen molar-refractivity contribution in [2.45, 2.75) is 38.6 Å². The smallest absolute Gasteiger partial charge is 0.224 e. The van der Waals surface area contributed by atoms with E-state index in [1.807, 2.05) is 48.5 Å². The van der Waals surface area contributed by atoms with Crippen molar-refractivity contribution in [1.82, 2.24) is 15.3 Å². The Kier molecular flexibility index (Phi) is 4.92. The molecule has 0 bridgehead atoms. The Hall–Kier alpha value is -2.33. The number of imidazole rings is 1. The van der Waals surface area contributed by atoms with Crippen molar-refractivity contribution < 1.29 is 4.79 Å². The predicted octanol–water partition coefficient (Wildman–Crippen LogP) is 5.22. The van der Waals surface area contributed by atoms with Crippen LogP contribution in [0.25, 0.3) is 11.0 Å². The molecule has 1 saturated carbocycles. The first-order valence-corrected chi connectivity index (χ1v) is 9.95. The van der Waals surface area contributed by atoms with Crippen molar-refractivity contribution in [2.24, 2.45) is 11.8 Å². The number of rotatable bonds is 6. The van der Waals surface area contributed by atoms with Crippen LogP contribution in [-0.2, 0) is 4.79 Å². The monoisotopic (exact) mass is 381 g/mol. The molecule has 5 heteroatoms. The second-order valence-corrected chi connectivity index (χ2v) is 7.89. The molecule has 1 fully saturated rings. The van der Waals surface area contributed by atoms with E-state index in [0.29, 0.717) is 0 Å². The molecule has 4 rings (SSSR count). The summed E-state index contributed by atoms with van der Waals surface area (Å²) in [6, 6.07) is 15.6. The Morgan fingerprint density at radius 1 is 1.26 bits per heavy atom. The predicted molar refractivity (Wildman–Crippen MR) is 109 cm³/mol. The van der Waals surface area contributed by atoms with Gasteiger partial charge in [-0.05, 0) is 42.0 Å². The van der Waals surface area contributed by atoms with Crippen LogP contribution in [-0.4, -0.2) is 15.9 Å². The Labute approximate surface area is 164 Å². The van der Waals surface area contributed by atoms with Gasteiger partial charge in [0.15, 0.2) is 0 Å². The highest BCUT2D eigenvalue weighted by atomic mass is 35.5. The number of aromatic nitrogens is 2. The Bertz CT molecular complexity index is 934. The van der Waals surface area contributed by atoms with E-state index in [4.69, 9.17) is 16.6 Å². The lowest BCUT2D eigenvalue weighted by Crippen LogP contribution is -2.34. The lowest BCUT2D eigenvalue weighted by Gasteiger charge is -2.22. The molecule has 1 aliphatic rings. The van der Waals surface area contributed by atoms with Gasteiger partial charge in [-0.2, -0.15) is 0 Å². The third-order valence-corrected chi connectivity index (χ3v) is 5.99. The van der Waals surface area contributed by atoms with Gasteiger partial charge < -0.3 is 10.3 Å². The van der Waals surface area contributed by atoms with Gasteiger partial charge in [0.2, 0.25) is 5.91 Å². The Morgan fingerprint density at radius 3 is 2.74 bits per heavy atom. The van der Waals surface area contributed by atoms with Crippen LogP contribution in [0.2, 0.25) is 5.02 Å². The number of nitrogens with one attached hydrogen (secondary N) is 2. The van der Waals surface area contributed by atoms with Gasteiger partial charge in [0, 0.05) is 10.9 Å². The third-order valence-electron chi connectivity index (χ3n) is 5.64. The second kappa shape index (κ2) is 7.35. The molecule has 1 heterocycles. The van der Waals surface area contributed by atoms with Crippen molar-refractivity contribution in [1.29, 1.82) is 0 Å². The number of aromatic amines is 1. The molecule has 27 heavy (non-hydrogen) atoms. The summed E-state index contributed by atoms with van der Waals surface area (Å²) >= 11 is 6.30. The average molecular weight is 382 g/mol. The van der Waals surface area contributed by atoms with E-state index in [1.54, 1.807) is 0 Å². The number of carbonyl (C=O) groups excluding carboxylic acids is 1. The fraction of sp³-hybridized carbons (Fsp3) is 0.364. The minimum atomic E-state index is -0.123. The summed E-state index contributed by atoms with van der Waals surface area (Å²) in [5, 5.41) is 3.99. The van der Waals surface area contributed by atoms with Gasteiger partial charge in [-0.15, -0.1) is 0 Å². The molecule has 1 aromatic heterocycles. The minimum Gasteiger partial charge on any atom is -0.346 e. The molecule has 140 valence electrons. The summed E-state index contributed by atoms with van der Waals surface area (Å²) in [6.07, 6.45) is 1.81. The number of H-pyrrole nitrogens is 1. The highest BCUT2D eigenvalue weighted by Gasteiger charge is 2.45. The molecule has 0 saturated heterocycles. The van der Waals surface area contributed by atoms with E-state index in [-0.39, 0.29) is 29.7 Å². The van der Waals surface area contributed by atoms with Crippen molar-refractivity contribution in [3.63, 3.8) is 0 Å². The van der Waals surface area contributed by atoms with Crippen LogP contribution in [0.3, 0.4) is 0 Å². The molecule has 2 N–H and O–H groups in total. The van der Waals surface area contributed by atoms with E-state index < -0.39 is 0 Å². The number of para-hydroxylation sites is 2. The first-order valence-electron chi connectivity index (χ1n) is 9.58. The molecule has 4 nitrogen and oxygen atoms in total. The molecule has 0 radical (unpaired) electrons. The second-order valence-electron chi connectivity index (χ2n) is 7.48. The van der Waals surface area contributed by atoms with Crippen LogP contribution in [0.4, 0.5) is 0 Å². The van der Waals surface area contributed by atoms with Crippen molar-refractivity contribution in [3.8, 4) is 0 Å². The Morgan fingerprint density at radius 2 is 2.00 bits per heavy atom. The van der Waals surface area contributed by atoms with Crippen LogP contribution in [0, 0.1) is 11.8 Å². The van der Waals surface area contributed by atoms with E-state index in [0.717, 1.165) is 40.3 Å². The number of hydrogen-bond acceptors (Lipinski definition) is 2. The van der Waals surface area contributed by atoms with E-state index in [2.05, 4.69) is 24.1 Å². The maximum atomic E-state index is 12.9. The number of benzene rings is 2. The quantitative estimate of drug-likeness (QED) is 0.614. The van der Waals surface area contributed by atoms with E-state index in [1.165, 1.54) is 0 Å². The molecule has 0 spiro atoms. The number of carbonyl (C=O) groups is 1. The van der Waals surface area contributed by atoms with Crippen LogP contribution < -0.4 is 5.32 Å². The largest absolute Gasteiger partial charge is 0.346 e. The third kappa shape index (κ3) is 3.59. The summed E-state index contributed by atoms with van der Waals surface area (Å²) in [7, 11) is 0. The van der Waals surface area contributed by atoms with E-state index in [9.17, 15) is 4.79 Å². The van der Waals surface area contributed by atoms with E-state index >= 15 is 0 Å². The van der Waals surface area contributed by atoms with Gasteiger partial charge in [-0.25, -0.2) is 4.98 Å². The maximum Gasteiger partial charge on any atom is 0.224 e. The summed E-state index contributed by atoms with van der Waals surface area (Å²) < 4.78 is 0. The fourth-order valence-corrected chi connectivity index (χ4v) is 3.98. The van der Waals surface area contributed by atoms with Gasteiger partial charge in [-0.3, -0.25) is 4.79 Å². The van der Waals surface area contributed by atoms with Crippen molar-refractivity contribution in [2.75, 3.05) is 0 Å². The van der Waals surface area contributed by atoms with Crippen LogP contribution >= 0.6 is 11.6 Å². The number of amides is 1. The van der Waals surface area contributed by atoms with Crippen LogP contribution in [0.5, 0.6) is 0 Å².